The third kappa shape index (κ3) is 2.79. The van der Waals surface area contributed by atoms with Crippen molar-refractivity contribution in [3.05, 3.63) is 29.8 Å². The van der Waals surface area contributed by atoms with Crippen LogP contribution in [0.4, 0.5) is 0 Å². The molecule has 0 amide bonds. The fourth-order valence-corrected chi connectivity index (χ4v) is 2.19. The van der Waals surface area contributed by atoms with E-state index in [0.29, 0.717) is 6.54 Å². The number of aryl methyl sites for hydroxylation is 1. The van der Waals surface area contributed by atoms with Crippen molar-refractivity contribution in [2.24, 2.45) is 0 Å². The lowest BCUT2D eigenvalue weighted by molar-refractivity contribution is -0.0660. The third-order valence-electron chi connectivity index (χ3n) is 3.45. The lowest BCUT2D eigenvalue weighted by Crippen LogP contribution is -2.55. The zero-order valence-electron chi connectivity index (χ0n) is 10.6. The van der Waals surface area contributed by atoms with Crippen LogP contribution in [0.2, 0.25) is 0 Å². The molecule has 1 heterocycles. The van der Waals surface area contributed by atoms with E-state index < -0.39 is 5.60 Å². The van der Waals surface area contributed by atoms with E-state index in [1.54, 1.807) is 0 Å². The van der Waals surface area contributed by atoms with Gasteiger partial charge in [-0.3, -0.25) is 0 Å². The predicted molar refractivity (Wildman–Crippen MR) is 68.3 cm³/mol. The van der Waals surface area contributed by atoms with Crippen molar-refractivity contribution in [3.8, 4) is 5.75 Å². The molecule has 0 aliphatic carbocycles. The molecule has 2 unspecified atom stereocenters. The molecule has 0 spiro atoms. The fraction of sp³-hybridized carbons (Fsp3) is 0.571. The second-order valence-electron chi connectivity index (χ2n) is 4.88. The average Bonchev–Trinajstić information content (AvgIpc) is 2.32. The van der Waals surface area contributed by atoms with Crippen LogP contribution < -0.4 is 10.1 Å². The Labute approximate surface area is 103 Å². The van der Waals surface area contributed by atoms with Crippen molar-refractivity contribution in [1.29, 1.82) is 0 Å². The van der Waals surface area contributed by atoms with E-state index in [0.717, 1.165) is 25.1 Å². The number of ether oxygens (including phenoxy) is 1. The molecule has 1 aliphatic rings. The number of aliphatic hydroxyl groups is 1. The van der Waals surface area contributed by atoms with Crippen LogP contribution in [0.1, 0.15) is 25.8 Å². The maximum absolute atomic E-state index is 10.3. The smallest absolute Gasteiger partial charge is 0.139 e. The van der Waals surface area contributed by atoms with Gasteiger partial charge in [-0.1, -0.05) is 25.1 Å². The van der Waals surface area contributed by atoms with E-state index >= 15 is 0 Å². The van der Waals surface area contributed by atoms with E-state index in [-0.39, 0.29) is 6.10 Å². The lowest BCUT2D eigenvalue weighted by atomic mass is 9.91. The van der Waals surface area contributed by atoms with Gasteiger partial charge in [0.1, 0.15) is 17.5 Å². The Morgan fingerprint density at radius 2 is 2.24 bits per heavy atom. The molecule has 0 saturated carbocycles. The van der Waals surface area contributed by atoms with Gasteiger partial charge in [-0.05, 0) is 37.9 Å². The maximum Gasteiger partial charge on any atom is 0.139 e. The van der Waals surface area contributed by atoms with Crippen molar-refractivity contribution in [2.45, 2.75) is 38.4 Å². The van der Waals surface area contributed by atoms with Crippen molar-refractivity contribution < 1.29 is 9.84 Å². The molecule has 1 saturated heterocycles. The van der Waals surface area contributed by atoms with Gasteiger partial charge in [-0.2, -0.15) is 0 Å². The number of hydrogen-bond acceptors (Lipinski definition) is 3. The molecule has 1 aliphatic heterocycles. The number of rotatable bonds is 3. The Balaban J connectivity index is 2.14. The van der Waals surface area contributed by atoms with Crippen LogP contribution in [0.15, 0.2) is 24.3 Å². The summed E-state index contributed by atoms with van der Waals surface area (Å²) in [6, 6.07) is 8.03. The predicted octanol–water partition coefficient (Wildman–Crippen LogP) is 1.74. The number of hydrogen-bond donors (Lipinski definition) is 2. The zero-order valence-corrected chi connectivity index (χ0v) is 10.6. The summed E-state index contributed by atoms with van der Waals surface area (Å²) in [6.07, 6.45) is 1.49. The van der Waals surface area contributed by atoms with Gasteiger partial charge in [-0.15, -0.1) is 0 Å². The normalized spacial score (nSPS) is 29.0. The molecule has 1 aromatic rings. The summed E-state index contributed by atoms with van der Waals surface area (Å²) in [4.78, 5) is 0. The SMILES string of the molecule is CCc1ccccc1OC1CNCCC1(C)O. The number of piperidine rings is 1. The largest absolute Gasteiger partial charge is 0.486 e. The molecule has 1 aromatic carbocycles. The van der Waals surface area contributed by atoms with Crippen LogP contribution in [0.5, 0.6) is 5.75 Å². The van der Waals surface area contributed by atoms with Gasteiger partial charge < -0.3 is 15.2 Å². The maximum atomic E-state index is 10.3. The van der Waals surface area contributed by atoms with Gasteiger partial charge in [-0.25, -0.2) is 0 Å². The highest BCUT2D eigenvalue weighted by Crippen LogP contribution is 2.26. The average molecular weight is 235 g/mol. The fourth-order valence-electron chi connectivity index (χ4n) is 2.19. The second kappa shape index (κ2) is 5.07. The van der Waals surface area contributed by atoms with Gasteiger partial charge in [0.25, 0.3) is 0 Å². The van der Waals surface area contributed by atoms with Crippen LogP contribution in [-0.4, -0.2) is 29.9 Å². The number of para-hydroxylation sites is 1. The van der Waals surface area contributed by atoms with E-state index in [4.69, 9.17) is 4.74 Å². The van der Waals surface area contributed by atoms with Gasteiger partial charge in [0.05, 0.1) is 0 Å². The molecule has 17 heavy (non-hydrogen) atoms. The molecule has 2 atom stereocenters. The van der Waals surface area contributed by atoms with Crippen LogP contribution in [0, 0.1) is 0 Å². The van der Waals surface area contributed by atoms with Gasteiger partial charge in [0, 0.05) is 6.54 Å². The summed E-state index contributed by atoms with van der Waals surface area (Å²) in [5.74, 6) is 0.893. The van der Waals surface area contributed by atoms with Crippen molar-refractivity contribution in [1.82, 2.24) is 5.32 Å². The first kappa shape index (κ1) is 12.4. The van der Waals surface area contributed by atoms with Gasteiger partial charge in [0.15, 0.2) is 0 Å². The quantitative estimate of drug-likeness (QED) is 0.838. The zero-order chi connectivity index (χ0) is 12.3. The van der Waals surface area contributed by atoms with Crippen molar-refractivity contribution in [3.63, 3.8) is 0 Å². The Hall–Kier alpha value is -1.06. The Morgan fingerprint density at radius 3 is 2.94 bits per heavy atom. The lowest BCUT2D eigenvalue weighted by Gasteiger charge is -2.37. The summed E-state index contributed by atoms with van der Waals surface area (Å²) in [6.45, 7) is 5.51. The molecule has 0 bridgehead atoms. The molecule has 3 heteroatoms. The van der Waals surface area contributed by atoms with Crippen LogP contribution in [0.25, 0.3) is 0 Å². The van der Waals surface area contributed by atoms with E-state index in [9.17, 15) is 5.11 Å². The van der Waals surface area contributed by atoms with Crippen molar-refractivity contribution in [2.75, 3.05) is 13.1 Å². The summed E-state index contributed by atoms with van der Waals surface area (Å²) < 4.78 is 5.98. The molecule has 2 N–H and O–H groups in total. The molecule has 0 aromatic heterocycles. The summed E-state index contributed by atoms with van der Waals surface area (Å²) >= 11 is 0. The highest BCUT2D eigenvalue weighted by Gasteiger charge is 2.36. The molecule has 2 rings (SSSR count). The molecule has 94 valence electrons. The highest BCUT2D eigenvalue weighted by molar-refractivity contribution is 5.33. The minimum Gasteiger partial charge on any atom is -0.486 e. The first-order valence-electron chi connectivity index (χ1n) is 6.31. The molecule has 3 nitrogen and oxygen atoms in total. The van der Waals surface area contributed by atoms with Crippen LogP contribution in [-0.2, 0) is 6.42 Å². The van der Waals surface area contributed by atoms with E-state index in [1.165, 1.54) is 5.56 Å². The topological polar surface area (TPSA) is 41.5 Å². The van der Waals surface area contributed by atoms with Gasteiger partial charge in [0.2, 0.25) is 0 Å². The Morgan fingerprint density at radius 1 is 1.47 bits per heavy atom. The molecular weight excluding hydrogens is 214 g/mol. The number of nitrogens with one attached hydrogen (secondary N) is 1. The summed E-state index contributed by atoms with van der Waals surface area (Å²) in [5, 5.41) is 13.6. The van der Waals surface area contributed by atoms with Gasteiger partial charge >= 0.3 is 0 Å². The van der Waals surface area contributed by atoms with Crippen LogP contribution >= 0.6 is 0 Å². The highest BCUT2D eigenvalue weighted by atomic mass is 16.5. The molecular formula is C14H21NO2. The van der Waals surface area contributed by atoms with Crippen molar-refractivity contribution >= 4 is 0 Å². The minimum absolute atomic E-state index is 0.177. The standard InChI is InChI=1S/C14H21NO2/c1-3-11-6-4-5-7-12(11)17-13-10-15-9-8-14(13,2)16/h4-7,13,15-16H,3,8-10H2,1-2H3. The Kier molecular flexibility index (Phi) is 3.69. The summed E-state index contributed by atoms with van der Waals surface area (Å²) in [7, 11) is 0. The Bertz CT molecular complexity index is 376. The second-order valence-corrected chi connectivity index (χ2v) is 4.88. The first-order chi connectivity index (χ1) is 8.13. The monoisotopic (exact) mass is 235 g/mol. The summed E-state index contributed by atoms with van der Waals surface area (Å²) in [5.41, 5.74) is 0.445. The van der Waals surface area contributed by atoms with Crippen LogP contribution in [0.3, 0.4) is 0 Å². The van der Waals surface area contributed by atoms with E-state index in [2.05, 4.69) is 18.3 Å². The molecule has 0 radical (unpaired) electrons. The molecule has 1 fully saturated rings. The number of benzene rings is 1. The van der Waals surface area contributed by atoms with E-state index in [1.807, 2.05) is 25.1 Å². The third-order valence-corrected chi connectivity index (χ3v) is 3.45. The minimum atomic E-state index is -0.744. The first-order valence-corrected chi connectivity index (χ1v) is 6.31.